The van der Waals surface area contributed by atoms with E-state index in [4.69, 9.17) is 21.0 Å². The van der Waals surface area contributed by atoms with Crippen LogP contribution in [0.2, 0.25) is 5.02 Å². The van der Waals surface area contributed by atoms with E-state index < -0.39 is 0 Å². The number of fused-ring (bicyclic) bond motifs is 3. The fourth-order valence-corrected chi connectivity index (χ4v) is 4.64. The van der Waals surface area contributed by atoms with E-state index >= 15 is 0 Å². The topological polar surface area (TPSA) is 79.8 Å². The number of carbonyl (C=O) groups is 1. The van der Waals surface area contributed by atoms with Crippen molar-refractivity contribution in [2.75, 3.05) is 31.1 Å². The number of aryl methyl sites for hydroxylation is 1. The second-order valence-electron chi connectivity index (χ2n) is 8.40. The van der Waals surface area contributed by atoms with E-state index in [0.29, 0.717) is 42.6 Å². The number of nitrogens with zero attached hydrogens (tertiary/aromatic N) is 6. The predicted octanol–water partition coefficient (Wildman–Crippen LogP) is 4.46. The Labute approximate surface area is 200 Å². The Morgan fingerprint density at radius 1 is 1.03 bits per heavy atom. The van der Waals surface area contributed by atoms with Crippen LogP contribution in [0.5, 0.6) is 0 Å². The zero-order valence-corrected chi connectivity index (χ0v) is 19.2. The number of rotatable bonds is 3. The van der Waals surface area contributed by atoms with Crippen molar-refractivity contribution >= 4 is 39.9 Å². The highest BCUT2D eigenvalue weighted by molar-refractivity contribution is 6.31. The van der Waals surface area contributed by atoms with E-state index in [0.717, 1.165) is 33.5 Å². The number of benzene rings is 2. The number of anilines is 1. The summed E-state index contributed by atoms with van der Waals surface area (Å²) in [5, 5.41) is 10.4. The van der Waals surface area contributed by atoms with Crippen molar-refractivity contribution < 1.29 is 9.21 Å². The van der Waals surface area contributed by atoms with E-state index in [-0.39, 0.29) is 5.91 Å². The van der Waals surface area contributed by atoms with Gasteiger partial charge in [-0.05, 0) is 43.3 Å². The summed E-state index contributed by atoms with van der Waals surface area (Å²) < 4.78 is 7.05. The Balaban J connectivity index is 1.41. The van der Waals surface area contributed by atoms with E-state index in [1.165, 1.54) is 6.26 Å². The molecular weight excluding hydrogens is 452 g/mol. The van der Waals surface area contributed by atoms with Gasteiger partial charge in [0.1, 0.15) is 11.5 Å². The van der Waals surface area contributed by atoms with Gasteiger partial charge < -0.3 is 14.2 Å². The van der Waals surface area contributed by atoms with Crippen molar-refractivity contribution in [3.63, 3.8) is 0 Å². The van der Waals surface area contributed by atoms with Crippen LogP contribution in [-0.2, 0) is 0 Å². The molecular formula is C25H21ClN6O2. The van der Waals surface area contributed by atoms with Gasteiger partial charge in [-0.25, -0.2) is 4.98 Å². The molecule has 1 aliphatic rings. The van der Waals surface area contributed by atoms with Crippen LogP contribution in [0.15, 0.2) is 65.3 Å². The minimum Gasteiger partial charge on any atom is -0.459 e. The van der Waals surface area contributed by atoms with Crippen molar-refractivity contribution in [3.8, 4) is 11.3 Å². The standard InChI is InChI=1S/C25H21ClN6O2/c1-16-4-2-5-17(14-16)22-24-27-23(19-15-18(26)7-8-20(19)32(24)29-28-22)30-9-11-31(12-10-30)25(33)21-6-3-13-34-21/h2-8,13-15H,9-12H2,1H3. The first-order valence-corrected chi connectivity index (χ1v) is 11.5. The highest BCUT2D eigenvalue weighted by atomic mass is 35.5. The second kappa shape index (κ2) is 8.14. The molecule has 1 amide bonds. The minimum absolute atomic E-state index is 0.0947. The number of hydrogen-bond donors (Lipinski definition) is 0. The Morgan fingerprint density at radius 3 is 2.65 bits per heavy atom. The van der Waals surface area contributed by atoms with Gasteiger partial charge in [0.15, 0.2) is 11.4 Å². The molecule has 6 rings (SSSR count). The third-order valence-corrected chi connectivity index (χ3v) is 6.41. The van der Waals surface area contributed by atoms with Gasteiger partial charge in [-0.3, -0.25) is 4.79 Å². The first-order valence-electron chi connectivity index (χ1n) is 11.1. The monoisotopic (exact) mass is 472 g/mol. The Hall–Kier alpha value is -3.91. The maximum Gasteiger partial charge on any atom is 0.289 e. The third-order valence-electron chi connectivity index (χ3n) is 6.18. The van der Waals surface area contributed by atoms with Crippen molar-refractivity contribution in [2.45, 2.75) is 6.92 Å². The predicted molar refractivity (Wildman–Crippen MR) is 130 cm³/mol. The zero-order valence-electron chi connectivity index (χ0n) is 18.5. The first kappa shape index (κ1) is 20.7. The number of amides is 1. The summed E-state index contributed by atoms with van der Waals surface area (Å²) in [7, 11) is 0. The van der Waals surface area contributed by atoms with Crippen LogP contribution in [0.1, 0.15) is 16.1 Å². The molecule has 1 aliphatic heterocycles. The van der Waals surface area contributed by atoms with Crippen molar-refractivity contribution in [2.24, 2.45) is 0 Å². The summed E-state index contributed by atoms with van der Waals surface area (Å²) in [6.45, 7) is 4.46. The molecule has 1 fully saturated rings. The molecule has 0 N–H and O–H groups in total. The summed E-state index contributed by atoms with van der Waals surface area (Å²) in [6, 6.07) is 17.3. The smallest absolute Gasteiger partial charge is 0.289 e. The van der Waals surface area contributed by atoms with Gasteiger partial charge in [0.05, 0.1) is 11.8 Å². The summed E-state index contributed by atoms with van der Waals surface area (Å²) >= 11 is 6.37. The summed E-state index contributed by atoms with van der Waals surface area (Å²) in [5.74, 6) is 1.08. The van der Waals surface area contributed by atoms with Crippen molar-refractivity contribution in [1.29, 1.82) is 0 Å². The molecule has 0 bridgehead atoms. The molecule has 0 radical (unpaired) electrons. The molecule has 0 atom stereocenters. The molecule has 9 heteroatoms. The summed E-state index contributed by atoms with van der Waals surface area (Å²) in [5.41, 5.74) is 4.40. The molecule has 0 spiro atoms. The van der Waals surface area contributed by atoms with Crippen molar-refractivity contribution in [1.82, 2.24) is 24.7 Å². The lowest BCUT2D eigenvalue weighted by Crippen LogP contribution is -2.49. The average molecular weight is 473 g/mol. The fraction of sp³-hybridized carbons (Fsp3) is 0.200. The van der Waals surface area contributed by atoms with Crippen LogP contribution < -0.4 is 4.90 Å². The minimum atomic E-state index is -0.0947. The third kappa shape index (κ3) is 3.47. The quantitative estimate of drug-likeness (QED) is 0.385. The molecule has 5 aromatic rings. The number of furan rings is 1. The lowest BCUT2D eigenvalue weighted by Gasteiger charge is -2.35. The van der Waals surface area contributed by atoms with Crippen LogP contribution in [0.4, 0.5) is 5.82 Å². The normalized spacial score (nSPS) is 14.3. The number of halogens is 1. The lowest BCUT2D eigenvalue weighted by atomic mass is 10.1. The van der Waals surface area contributed by atoms with Crippen LogP contribution in [-0.4, -0.2) is 56.8 Å². The second-order valence-corrected chi connectivity index (χ2v) is 8.83. The number of piperazine rings is 1. The number of aromatic nitrogens is 4. The molecule has 1 saturated heterocycles. The molecule has 0 aliphatic carbocycles. The first-order chi connectivity index (χ1) is 16.6. The molecule has 4 heterocycles. The largest absolute Gasteiger partial charge is 0.459 e. The van der Waals surface area contributed by atoms with E-state index in [9.17, 15) is 4.79 Å². The van der Waals surface area contributed by atoms with E-state index in [2.05, 4.69) is 34.3 Å². The fourth-order valence-electron chi connectivity index (χ4n) is 4.47. The number of carbonyl (C=O) groups excluding carboxylic acids is 1. The van der Waals surface area contributed by atoms with Gasteiger partial charge >= 0.3 is 0 Å². The average Bonchev–Trinajstić information content (AvgIpc) is 3.53. The van der Waals surface area contributed by atoms with Crippen LogP contribution in [0, 0.1) is 6.92 Å². The maximum absolute atomic E-state index is 12.7. The van der Waals surface area contributed by atoms with Gasteiger partial charge in [0.2, 0.25) is 0 Å². The Kier molecular flexibility index (Phi) is 4.95. The van der Waals surface area contributed by atoms with Crippen LogP contribution in [0.3, 0.4) is 0 Å². The summed E-state index contributed by atoms with van der Waals surface area (Å²) in [6.07, 6.45) is 1.52. The SMILES string of the molecule is Cc1cccc(-c2nnn3c2nc(N2CCN(C(=O)c4ccco4)CC2)c2cc(Cl)ccc23)c1. The van der Waals surface area contributed by atoms with Crippen molar-refractivity contribution in [3.05, 3.63) is 77.2 Å². The van der Waals surface area contributed by atoms with Gasteiger partial charge in [-0.15, -0.1) is 5.10 Å². The maximum atomic E-state index is 12.7. The van der Waals surface area contributed by atoms with Crippen LogP contribution in [0.25, 0.3) is 27.8 Å². The number of hydrogen-bond acceptors (Lipinski definition) is 6. The lowest BCUT2D eigenvalue weighted by molar-refractivity contribution is 0.0714. The summed E-state index contributed by atoms with van der Waals surface area (Å²) in [4.78, 5) is 21.7. The molecule has 34 heavy (non-hydrogen) atoms. The highest BCUT2D eigenvalue weighted by Gasteiger charge is 2.26. The molecule has 0 saturated carbocycles. The molecule has 0 unspecified atom stereocenters. The van der Waals surface area contributed by atoms with Gasteiger partial charge in [0.25, 0.3) is 5.91 Å². The highest BCUT2D eigenvalue weighted by Crippen LogP contribution is 2.32. The zero-order chi connectivity index (χ0) is 23.2. The van der Waals surface area contributed by atoms with Gasteiger partial charge in [0, 0.05) is 42.2 Å². The van der Waals surface area contributed by atoms with E-state index in [1.807, 2.05) is 35.2 Å². The van der Waals surface area contributed by atoms with E-state index in [1.54, 1.807) is 16.6 Å². The molecule has 8 nitrogen and oxygen atoms in total. The van der Waals surface area contributed by atoms with Gasteiger partial charge in [-0.1, -0.05) is 40.6 Å². The molecule has 2 aromatic carbocycles. The van der Waals surface area contributed by atoms with Gasteiger partial charge in [-0.2, -0.15) is 4.52 Å². The van der Waals surface area contributed by atoms with Crippen LogP contribution >= 0.6 is 11.6 Å². The molecule has 170 valence electrons. The Morgan fingerprint density at radius 2 is 1.88 bits per heavy atom. The Bertz CT molecular complexity index is 1520. The molecule has 3 aromatic heterocycles.